The highest BCUT2D eigenvalue weighted by molar-refractivity contribution is 5.87. The molecule has 1 aliphatic carbocycles. The molecule has 1 fully saturated rings. The monoisotopic (exact) mass is 367 g/mol. The number of para-hydroxylation sites is 2. The van der Waals surface area contributed by atoms with Crippen LogP contribution in [0.4, 0.5) is 17.1 Å². The quantitative estimate of drug-likeness (QED) is 0.613. The summed E-state index contributed by atoms with van der Waals surface area (Å²) in [4.78, 5) is 13.2. The van der Waals surface area contributed by atoms with Crippen molar-refractivity contribution in [1.82, 2.24) is 0 Å². The van der Waals surface area contributed by atoms with Gasteiger partial charge in [0.2, 0.25) is 0 Å². The van der Waals surface area contributed by atoms with Crippen molar-refractivity contribution in [2.75, 3.05) is 10.6 Å². The van der Waals surface area contributed by atoms with Crippen molar-refractivity contribution < 1.29 is 15.2 Å². The van der Waals surface area contributed by atoms with Crippen LogP contribution in [0.2, 0.25) is 0 Å². The van der Waals surface area contributed by atoms with E-state index in [1.807, 2.05) is 30.3 Å². The van der Waals surface area contributed by atoms with E-state index >= 15 is 0 Å². The molecule has 4 N–H and O–H groups in total. The van der Waals surface area contributed by atoms with Crippen molar-refractivity contribution in [2.45, 2.75) is 38.8 Å². The third-order valence-electron chi connectivity index (χ3n) is 5.66. The highest BCUT2D eigenvalue weighted by Crippen LogP contribution is 2.46. The van der Waals surface area contributed by atoms with Gasteiger partial charge in [-0.2, -0.15) is 5.23 Å². The molecule has 4 unspecified atom stereocenters. The molecular weight excluding hydrogens is 342 g/mol. The van der Waals surface area contributed by atoms with Crippen LogP contribution in [-0.2, 0) is 4.79 Å². The second kappa shape index (κ2) is 6.64. The van der Waals surface area contributed by atoms with E-state index in [0.717, 1.165) is 23.4 Å². The number of hydrogen-bond donors (Lipinski definition) is 4. The molecule has 0 spiro atoms. The van der Waals surface area contributed by atoms with E-state index in [1.165, 1.54) is 0 Å². The molecule has 2 aromatic rings. The second-order valence-electron chi connectivity index (χ2n) is 8.39. The molecule has 142 valence electrons. The molecule has 0 aromatic heterocycles. The Hall–Kier alpha value is -2.41. The van der Waals surface area contributed by atoms with Gasteiger partial charge in [-0.3, -0.25) is 4.79 Å². The summed E-state index contributed by atoms with van der Waals surface area (Å²) < 4.78 is 0. The minimum atomic E-state index is -0.961. The van der Waals surface area contributed by atoms with Gasteiger partial charge in [0.05, 0.1) is 23.3 Å². The first-order valence-electron chi connectivity index (χ1n) is 9.32. The van der Waals surface area contributed by atoms with Gasteiger partial charge in [0, 0.05) is 24.6 Å². The number of carbonyl (C=O) groups is 1. The number of Topliss-reactive ketones (excluding diaryl/α,β-unsaturated/α-hetero) is 1. The minimum absolute atomic E-state index is 0.00381. The Morgan fingerprint density at radius 1 is 1.11 bits per heavy atom. The van der Waals surface area contributed by atoms with Gasteiger partial charge in [-0.05, 0) is 29.5 Å². The fourth-order valence-corrected chi connectivity index (χ4v) is 4.52. The van der Waals surface area contributed by atoms with Crippen LogP contribution >= 0.6 is 0 Å². The molecule has 6 nitrogen and oxygen atoms in total. The van der Waals surface area contributed by atoms with Crippen LogP contribution in [-0.4, -0.2) is 17.0 Å². The molecule has 1 aliphatic heterocycles. The van der Waals surface area contributed by atoms with Crippen molar-refractivity contribution in [1.29, 1.82) is 0 Å². The number of benzene rings is 2. The Bertz CT molecular complexity index is 865. The van der Waals surface area contributed by atoms with Gasteiger partial charge in [-0.15, -0.1) is 0 Å². The zero-order chi connectivity index (χ0) is 19.2. The maximum Gasteiger partial charge on any atom is 0.164 e. The first-order valence-corrected chi connectivity index (χ1v) is 9.32. The summed E-state index contributed by atoms with van der Waals surface area (Å²) in [6, 6.07) is 14.6. The number of anilines is 2. The Morgan fingerprint density at radius 2 is 1.81 bits per heavy atom. The number of rotatable bonds is 2. The van der Waals surface area contributed by atoms with Crippen LogP contribution in [0, 0.1) is 16.5 Å². The van der Waals surface area contributed by atoms with Gasteiger partial charge in [0.1, 0.15) is 5.78 Å². The van der Waals surface area contributed by atoms with Gasteiger partial charge in [0.25, 0.3) is 0 Å². The predicted octanol–water partition coefficient (Wildman–Crippen LogP) is 3.04. The predicted molar refractivity (Wildman–Crippen MR) is 104 cm³/mol. The number of fused-ring (bicyclic) bond motifs is 2. The molecule has 0 amide bonds. The van der Waals surface area contributed by atoms with Crippen molar-refractivity contribution >= 4 is 22.8 Å². The summed E-state index contributed by atoms with van der Waals surface area (Å²) in [7, 11) is 0. The highest BCUT2D eigenvalue weighted by atomic mass is 16.8. The van der Waals surface area contributed by atoms with E-state index in [0.29, 0.717) is 6.42 Å². The third-order valence-corrected chi connectivity index (χ3v) is 5.66. The summed E-state index contributed by atoms with van der Waals surface area (Å²) in [6.45, 7) is 4.26. The Kier molecular flexibility index (Phi) is 4.42. The Labute approximate surface area is 158 Å². The fraction of sp³-hybridized carbons (Fsp3) is 0.381. The SMILES string of the molecule is CC1(C)CC(=O)C2C(C1)Nc1ccccc1NC2c1cccc([NH+]([O-])O)c1. The number of ketones is 1. The molecule has 1 saturated carbocycles. The topological polar surface area (TPSA) is 88.9 Å². The summed E-state index contributed by atoms with van der Waals surface area (Å²) in [5.74, 6) is -0.0377. The van der Waals surface area contributed by atoms with E-state index in [2.05, 4.69) is 24.5 Å². The summed E-state index contributed by atoms with van der Waals surface area (Å²) in [5.41, 5.74) is 2.92. The van der Waals surface area contributed by atoms with Crippen molar-refractivity contribution in [3.05, 3.63) is 59.3 Å². The molecule has 1 heterocycles. The largest absolute Gasteiger partial charge is 0.595 e. The maximum absolute atomic E-state index is 13.2. The molecule has 4 atom stereocenters. The van der Waals surface area contributed by atoms with Gasteiger partial charge in [0.15, 0.2) is 5.69 Å². The van der Waals surface area contributed by atoms with Gasteiger partial charge in [-0.1, -0.05) is 38.1 Å². The molecule has 27 heavy (non-hydrogen) atoms. The van der Waals surface area contributed by atoms with E-state index in [-0.39, 0.29) is 34.9 Å². The molecular formula is C21H25N3O3. The van der Waals surface area contributed by atoms with Gasteiger partial charge >= 0.3 is 0 Å². The van der Waals surface area contributed by atoms with E-state index in [4.69, 9.17) is 0 Å². The summed E-state index contributed by atoms with van der Waals surface area (Å²) in [5, 5.41) is 27.0. The van der Waals surface area contributed by atoms with Crippen molar-refractivity contribution in [3.8, 4) is 0 Å². The van der Waals surface area contributed by atoms with Crippen LogP contribution in [0.15, 0.2) is 48.5 Å². The lowest BCUT2D eigenvalue weighted by Crippen LogP contribution is -2.99. The fourth-order valence-electron chi connectivity index (χ4n) is 4.52. The van der Waals surface area contributed by atoms with Gasteiger partial charge < -0.3 is 15.8 Å². The first kappa shape index (κ1) is 18.0. The molecule has 0 saturated heterocycles. The van der Waals surface area contributed by atoms with Gasteiger partial charge in [-0.25, -0.2) is 5.21 Å². The lowest BCUT2D eigenvalue weighted by Gasteiger charge is -2.42. The summed E-state index contributed by atoms with van der Waals surface area (Å²) >= 11 is 0. The summed E-state index contributed by atoms with van der Waals surface area (Å²) in [6.07, 6.45) is 1.41. The zero-order valence-electron chi connectivity index (χ0n) is 15.5. The van der Waals surface area contributed by atoms with Crippen molar-refractivity contribution in [3.63, 3.8) is 0 Å². The number of hydrogen-bond acceptors (Lipinski definition) is 5. The van der Waals surface area contributed by atoms with E-state index in [1.54, 1.807) is 18.2 Å². The lowest BCUT2D eigenvalue weighted by atomic mass is 9.66. The molecule has 4 rings (SSSR count). The van der Waals surface area contributed by atoms with Crippen LogP contribution in [0.5, 0.6) is 0 Å². The molecule has 0 bridgehead atoms. The number of quaternary nitrogens is 1. The Morgan fingerprint density at radius 3 is 2.52 bits per heavy atom. The first-order chi connectivity index (χ1) is 12.8. The van der Waals surface area contributed by atoms with Crippen LogP contribution in [0.1, 0.15) is 38.3 Å². The van der Waals surface area contributed by atoms with Crippen molar-refractivity contribution in [2.24, 2.45) is 11.3 Å². The van der Waals surface area contributed by atoms with Crippen LogP contribution in [0.25, 0.3) is 0 Å². The minimum Gasteiger partial charge on any atom is -0.595 e. The second-order valence-corrected chi connectivity index (χ2v) is 8.39. The van der Waals surface area contributed by atoms with E-state index < -0.39 is 5.23 Å². The lowest BCUT2D eigenvalue weighted by molar-refractivity contribution is -0.991. The number of carbonyl (C=O) groups excluding carboxylic acids is 1. The zero-order valence-corrected chi connectivity index (χ0v) is 15.5. The highest BCUT2D eigenvalue weighted by Gasteiger charge is 2.46. The maximum atomic E-state index is 13.2. The van der Waals surface area contributed by atoms with Crippen LogP contribution in [0.3, 0.4) is 0 Å². The average Bonchev–Trinajstić information content (AvgIpc) is 2.77. The normalized spacial score (nSPS) is 27.4. The molecule has 0 radical (unpaired) electrons. The molecule has 2 aliphatic rings. The molecule has 2 aromatic carbocycles. The smallest absolute Gasteiger partial charge is 0.164 e. The third kappa shape index (κ3) is 3.43. The standard InChI is InChI=1S/C21H25N3O3/c1-21(2)11-17-19(18(25)12-21)20(13-6-5-7-14(10-13)24(26)27)23-16-9-4-3-8-15(16)22-17/h3-10,17,19-20,22-24,26H,11-12H2,1-2H3. The van der Waals surface area contributed by atoms with E-state index in [9.17, 15) is 15.2 Å². The Balaban J connectivity index is 1.81. The van der Waals surface area contributed by atoms with Crippen LogP contribution < -0.4 is 15.9 Å². The number of nitrogens with one attached hydrogen (secondary N) is 3. The average molecular weight is 367 g/mol. The molecule has 6 heteroatoms.